The summed E-state index contributed by atoms with van der Waals surface area (Å²) in [7, 11) is 1.60. The van der Waals surface area contributed by atoms with Gasteiger partial charge >= 0.3 is 0 Å². The highest BCUT2D eigenvalue weighted by atomic mass is 16.6. The minimum absolute atomic E-state index is 0.0461. The zero-order valence-electron chi connectivity index (χ0n) is 14.7. The summed E-state index contributed by atoms with van der Waals surface area (Å²) in [5, 5.41) is 18.9. The van der Waals surface area contributed by atoms with Crippen LogP contribution in [0.5, 0.6) is 0 Å². The predicted molar refractivity (Wildman–Crippen MR) is 88.6 cm³/mol. The van der Waals surface area contributed by atoms with Crippen LogP contribution < -0.4 is 17.2 Å². The Balaban J connectivity index is 4.72. The maximum absolute atomic E-state index is 9.58. The summed E-state index contributed by atoms with van der Waals surface area (Å²) < 4.78 is 16.4. The van der Waals surface area contributed by atoms with Gasteiger partial charge < -0.3 is 41.6 Å². The average Bonchev–Trinajstić information content (AvgIpc) is 2.51. The molecule has 8 nitrogen and oxygen atoms in total. The molecular weight excluding hydrogens is 302 g/mol. The predicted octanol–water partition coefficient (Wildman–Crippen LogP) is -1.38. The minimum atomic E-state index is -1.13. The molecule has 0 rings (SSSR count). The van der Waals surface area contributed by atoms with E-state index in [0.29, 0.717) is 13.2 Å². The quantitative estimate of drug-likeness (QED) is 0.258. The van der Waals surface area contributed by atoms with Gasteiger partial charge in [-0.05, 0) is 5.92 Å². The van der Waals surface area contributed by atoms with Crippen LogP contribution in [-0.4, -0.2) is 74.3 Å². The molecule has 0 heterocycles. The van der Waals surface area contributed by atoms with Crippen LogP contribution in [0.1, 0.15) is 20.8 Å². The summed E-state index contributed by atoms with van der Waals surface area (Å²) >= 11 is 0. The third-order valence-corrected chi connectivity index (χ3v) is 3.70. The van der Waals surface area contributed by atoms with Crippen LogP contribution in [0.15, 0.2) is 0 Å². The largest absolute Gasteiger partial charge is 0.395 e. The van der Waals surface area contributed by atoms with Crippen molar-refractivity contribution < 1.29 is 24.4 Å². The number of aliphatic hydroxyl groups is 2. The fourth-order valence-corrected chi connectivity index (χ4v) is 2.45. The fourth-order valence-electron chi connectivity index (χ4n) is 2.45. The Bertz CT molecular complexity index is 296. The van der Waals surface area contributed by atoms with Gasteiger partial charge in [-0.25, -0.2) is 0 Å². The van der Waals surface area contributed by atoms with Crippen molar-refractivity contribution >= 4 is 0 Å². The summed E-state index contributed by atoms with van der Waals surface area (Å²) in [6, 6.07) is -0.882. The van der Waals surface area contributed by atoms with Gasteiger partial charge in [-0.1, -0.05) is 20.8 Å². The Morgan fingerprint density at radius 1 is 1.00 bits per heavy atom. The number of hydrogen-bond donors (Lipinski definition) is 5. The molecule has 8 N–H and O–H groups in total. The van der Waals surface area contributed by atoms with E-state index in [1.54, 1.807) is 7.11 Å². The minimum Gasteiger partial charge on any atom is -0.395 e. The highest BCUT2D eigenvalue weighted by Crippen LogP contribution is 2.17. The first-order valence-corrected chi connectivity index (χ1v) is 8.04. The Kier molecular flexibility index (Phi) is 11.9. The van der Waals surface area contributed by atoms with Crippen LogP contribution in [0.3, 0.4) is 0 Å². The first kappa shape index (κ1) is 22.7. The number of methoxy groups -OCH3 is 1. The Hall–Kier alpha value is -0.320. The van der Waals surface area contributed by atoms with Gasteiger partial charge in [0.15, 0.2) is 6.29 Å². The molecule has 0 aliphatic carbocycles. The zero-order valence-corrected chi connectivity index (χ0v) is 14.7. The number of nitrogens with two attached hydrogens (primary N) is 3. The van der Waals surface area contributed by atoms with E-state index in [9.17, 15) is 10.2 Å². The molecule has 0 amide bonds. The molecule has 140 valence electrons. The molecule has 0 radical (unpaired) electrons. The zero-order chi connectivity index (χ0) is 18.0. The van der Waals surface area contributed by atoms with E-state index in [1.165, 1.54) is 0 Å². The second kappa shape index (κ2) is 12.1. The summed E-state index contributed by atoms with van der Waals surface area (Å²) in [6.07, 6.45) is -1.88. The molecule has 6 unspecified atom stereocenters. The smallest absolute Gasteiger partial charge is 0.167 e. The van der Waals surface area contributed by atoms with Crippen LogP contribution >= 0.6 is 0 Å². The maximum Gasteiger partial charge on any atom is 0.167 e. The van der Waals surface area contributed by atoms with Crippen LogP contribution in [0.2, 0.25) is 0 Å². The van der Waals surface area contributed by atoms with Gasteiger partial charge in [-0.15, -0.1) is 0 Å². The summed E-state index contributed by atoms with van der Waals surface area (Å²) in [5.41, 5.74) is 17.3. The van der Waals surface area contributed by atoms with E-state index >= 15 is 0 Å². The molecule has 0 aliphatic rings. The first-order valence-electron chi connectivity index (χ1n) is 8.04. The summed E-state index contributed by atoms with van der Waals surface area (Å²) in [5.74, 6) is 0.0576. The van der Waals surface area contributed by atoms with E-state index in [4.69, 9.17) is 31.4 Å². The monoisotopic (exact) mass is 337 g/mol. The van der Waals surface area contributed by atoms with Gasteiger partial charge in [0.2, 0.25) is 0 Å². The third-order valence-electron chi connectivity index (χ3n) is 3.70. The molecule has 0 fully saturated rings. The average molecular weight is 337 g/mol. The van der Waals surface area contributed by atoms with E-state index in [-0.39, 0.29) is 37.1 Å². The molecule has 8 heteroatoms. The van der Waals surface area contributed by atoms with Crippen LogP contribution in [0.25, 0.3) is 0 Å². The lowest BCUT2D eigenvalue weighted by molar-refractivity contribution is -0.163. The van der Waals surface area contributed by atoms with Crippen molar-refractivity contribution in [3.8, 4) is 0 Å². The second-order valence-corrected chi connectivity index (χ2v) is 6.28. The number of rotatable bonds is 13. The first-order chi connectivity index (χ1) is 10.8. The molecule has 23 heavy (non-hydrogen) atoms. The SMILES string of the molecule is COCC(N)C(OCC(C)C(OC(O)CN)C(N)CO)C(C)C. The van der Waals surface area contributed by atoms with Gasteiger partial charge in [0.1, 0.15) is 0 Å². The van der Waals surface area contributed by atoms with Crippen LogP contribution in [-0.2, 0) is 14.2 Å². The second-order valence-electron chi connectivity index (χ2n) is 6.28. The van der Waals surface area contributed by atoms with Gasteiger partial charge in [0.25, 0.3) is 0 Å². The molecule has 0 saturated carbocycles. The topological polar surface area (TPSA) is 146 Å². The van der Waals surface area contributed by atoms with E-state index < -0.39 is 18.4 Å². The Morgan fingerprint density at radius 3 is 2.04 bits per heavy atom. The van der Waals surface area contributed by atoms with Crippen molar-refractivity contribution in [2.75, 3.05) is 33.5 Å². The Labute approximate surface area is 139 Å². The fraction of sp³-hybridized carbons (Fsp3) is 1.00. The van der Waals surface area contributed by atoms with Crippen molar-refractivity contribution in [3.05, 3.63) is 0 Å². The number of aliphatic hydroxyl groups excluding tert-OH is 2. The highest BCUT2D eigenvalue weighted by molar-refractivity contribution is 4.81. The van der Waals surface area contributed by atoms with Crippen molar-refractivity contribution in [2.24, 2.45) is 29.0 Å². The lowest BCUT2D eigenvalue weighted by atomic mass is 9.97. The lowest BCUT2D eigenvalue weighted by Crippen LogP contribution is -2.49. The van der Waals surface area contributed by atoms with Gasteiger partial charge in [-0.2, -0.15) is 0 Å². The maximum atomic E-state index is 9.58. The third kappa shape index (κ3) is 8.37. The highest BCUT2D eigenvalue weighted by Gasteiger charge is 2.29. The summed E-state index contributed by atoms with van der Waals surface area (Å²) in [4.78, 5) is 0. The molecule has 0 aromatic heterocycles. The normalized spacial score (nSPS) is 20.1. The van der Waals surface area contributed by atoms with Gasteiger partial charge in [0.05, 0.1) is 44.1 Å². The lowest BCUT2D eigenvalue weighted by Gasteiger charge is -2.33. The van der Waals surface area contributed by atoms with E-state index in [2.05, 4.69) is 0 Å². The number of ether oxygens (including phenoxy) is 3. The number of hydrogen-bond acceptors (Lipinski definition) is 8. The Morgan fingerprint density at radius 2 is 1.61 bits per heavy atom. The molecule has 0 saturated heterocycles. The van der Waals surface area contributed by atoms with Crippen molar-refractivity contribution in [1.29, 1.82) is 0 Å². The summed E-state index contributed by atoms with van der Waals surface area (Å²) in [6.45, 7) is 6.35. The standard InChI is InChI=1S/C15H35N3O5/c1-9(2)14(12(18)8-21-4)22-7-10(3)15(11(17)6-19)23-13(20)5-16/h9-15,19-20H,5-8,16-18H2,1-4H3. The van der Waals surface area contributed by atoms with Crippen LogP contribution in [0, 0.1) is 11.8 Å². The molecule has 0 aliphatic heterocycles. The molecular formula is C15H35N3O5. The van der Waals surface area contributed by atoms with E-state index in [0.717, 1.165) is 0 Å². The molecule has 0 spiro atoms. The van der Waals surface area contributed by atoms with Crippen molar-refractivity contribution in [3.63, 3.8) is 0 Å². The molecule has 0 bridgehead atoms. The van der Waals surface area contributed by atoms with E-state index in [1.807, 2.05) is 20.8 Å². The van der Waals surface area contributed by atoms with Gasteiger partial charge in [-0.3, -0.25) is 0 Å². The molecule has 0 aromatic rings. The van der Waals surface area contributed by atoms with Gasteiger partial charge in [0, 0.05) is 19.6 Å². The van der Waals surface area contributed by atoms with Crippen molar-refractivity contribution in [1.82, 2.24) is 0 Å². The van der Waals surface area contributed by atoms with Crippen LogP contribution in [0.4, 0.5) is 0 Å². The molecule has 6 atom stereocenters. The van der Waals surface area contributed by atoms with Crippen molar-refractivity contribution in [2.45, 2.75) is 51.4 Å². The molecule has 0 aromatic carbocycles.